The van der Waals surface area contributed by atoms with Crippen molar-refractivity contribution in [3.63, 3.8) is 0 Å². The predicted octanol–water partition coefficient (Wildman–Crippen LogP) is 12.4. The van der Waals surface area contributed by atoms with Crippen molar-refractivity contribution in [3.8, 4) is 67.8 Å². The van der Waals surface area contributed by atoms with Gasteiger partial charge < -0.3 is 4.40 Å². The monoisotopic (exact) mass is 728 g/mol. The number of aromatic nitrogens is 6. The van der Waals surface area contributed by atoms with Crippen LogP contribution in [0.3, 0.4) is 0 Å². The van der Waals surface area contributed by atoms with E-state index >= 15 is 0 Å². The molecule has 11 aromatic rings. The molecule has 57 heavy (non-hydrogen) atoms. The van der Waals surface area contributed by atoms with Crippen molar-refractivity contribution >= 4 is 38.1 Å². The molecule has 0 saturated heterocycles. The van der Waals surface area contributed by atoms with Gasteiger partial charge in [-0.05, 0) is 46.2 Å². The first-order chi connectivity index (χ1) is 28.2. The van der Waals surface area contributed by atoms with Gasteiger partial charge in [0.1, 0.15) is 5.65 Å². The van der Waals surface area contributed by atoms with Gasteiger partial charge in [-0.15, -0.1) is 0 Å². The van der Waals surface area contributed by atoms with Gasteiger partial charge in [0.25, 0.3) is 0 Å². The van der Waals surface area contributed by atoms with Crippen LogP contribution in [0.25, 0.3) is 106 Å². The Balaban J connectivity index is 0.950. The molecule has 0 aliphatic rings. The fraction of sp³-hybridized carbons (Fsp3) is 0. The number of para-hydroxylation sites is 1. The van der Waals surface area contributed by atoms with Crippen molar-refractivity contribution < 1.29 is 0 Å². The average molecular weight is 729 g/mol. The molecular formula is C51H32N6. The van der Waals surface area contributed by atoms with Gasteiger partial charge in [0.15, 0.2) is 17.5 Å². The molecule has 0 N–H and O–H groups in total. The number of hydrogen-bond acceptors (Lipinski definition) is 5. The van der Waals surface area contributed by atoms with Gasteiger partial charge in [-0.25, -0.2) is 24.9 Å². The fourth-order valence-corrected chi connectivity index (χ4v) is 7.77. The third-order valence-electron chi connectivity index (χ3n) is 10.6. The van der Waals surface area contributed by atoms with Crippen molar-refractivity contribution in [3.05, 3.63) is 194 Å². The molecule has 0 atom stereocenters. The molecule has 0 unspecified atom stereocenters. The molecule has 6 heteroatoms. The summed E-state index contributed by atoms with van der Waals surface area (Å²) in [4.78, 5) is 25.1. The Morgan fingerprint density at radius 1 is 0.351 bits per heavy atom. The maximum Gasteiger partial charge on any atom is 0.164 e. The molecule has 0 aliphatic heterocycles. The summed E-state index contributed by atoms with van der Waals surface area (Å²) in [6.45, 7) is 0. The van der Waals surface area contributed by atoms with E-state index in [4.69, 9.17) is 24.9 Å². The van der Waals surface area contributed by atoms with Crippen LogP contribution in [0.1, 0.15) is 0 Å². The largest absolute Gasteiger partial charge is 0.306 e. The summed E-state index contributed by atoms with van der Waals surface area (Å²) < 4.78 is 2.13. The summed E-state index contributed by atoms with van der Waals surface area (Å²) in [6, 6.07) is 62.8. The zero-order chi connectivity index (χ0) is 37.7. The Kier molecular flexibility index (Phi) is 7.71. The summed E-state index contributed by atoms with van der Waals surface area (Å²) in [5, 5.41) is 5.52. The molecule has 0 fully saturated rings. The van der Waals surface area contributed by atoms with E-state index in [9.17, 15) is 0 Å². The minimum atomic E-state index is 0.643. The zero-order valence-electron chi connectivity index (χ0n) is 30.7. The Bertz CT molecular complexity index is 3210. The summed E-state index contributed by atoms with van der Waals surface area (Å²) in [7, 11) is 0. The number of nitrogens with zero attached hydrogens (tertiary/aromatic N) is 6. The number of fused-ring (bicyclic) bond motifs is 6. The lowest BCUT2D eigenvalue weighted by atomic mass is 9.97. The van der Waals surface area contributed by atoms with Crippen molar-refractivity contribution in [1.82, 2.24) is 29.3 Å². The van der Waals surface area contributed by atoms with Gasteiger partial charge in [0.05, 0.1) is 16.9 Å². The van der Waals surface area contributed by atoms with Crippen LogP contribution in [0.2, 0.25) is 0 Å². The van der Waals surface area contributed by atoms with E-state index in [-0.39, 0.29) is 0 Å². The Labute approximate surface area is 328 Å². The molecule has 4 aromatic heterocycles. The Hall–Kier alpha value is -7.83. The van der Waals surface area contributed by atoms with Crippen LogP contribution in [0.15, 0.2) is 194 Å². The number of pyridine rings is 2. The van der Waals surface area contributed by atoms with Crippen LogP contribution < -0.4 is 0 Å². The van der Waals surface area contributed by atoms with Gasteiger partial charge in [-0.1, -0.05) is 158 Å². The van der Waals surface area contributed by atoms with Crippen LogP contribution >= 0.6 is 0 Å². The Morgan fingerprint density at radius 2 is 0.877 bits per heavy atom. The van der Waals surface area contributed by atoms with Gasteiger partial charge in [0.2, 0.25) is 0 Å². The molecule has 0 amide bonds. The van der Waals surface area contributed by atoms with E-state index in [0.717, 1.165) is 88.4 Å². The van der Waals surface area contributed by atoms with E-state index in [1.807, 2.05) is 72.8 Å². The lowest BCUT2D eigenvalue weighted by Gasteiger charge is -2.12. The highest BCUT2D eigenvalue weighted by atomic mass is 15.0. The van der Waals surface area contributed by atoms with Gasteiger partial charge in [-0.2, -0.15) is 0 Å². The van der Waals surface area contributed by atoms with Crippen LogP contribution in [0, 0.1) is 0 Å². The lowest BCUT2D eigenvalue weighted by Crippen LogP contribution is -2.00. The molecule has 6 nitrogen and oxygen atoms in total. The SMILES string of the molecule is c1ccc(-c2cn3ccc4c(-c5ccc(-c6ccc7cc(-c8nc(-c9ccccc9)nc(-c9ccccc9)n8)ccc7c6)cc5)nc5ccccc5c4c3n2)cc1. The molecule has 4 heterocycles. The molecule has 266 valence electrons. The van der Waals surface area contributed by atoms with Crippen molar-refractivity contribution in [1.29, 1.82) is 0 Å². The molecule has 0 spiro atoms. The molecule has 7 aromatic carbocycles. The average Bonchev–Trinajstić information content (AvgIpc) is 3.74. The minimum absolute atomic E-state index is 0.643. The highest BCUT2D eigenvalue weighted by Gasteiger charge is 2.17. The van der Waals surface area contributed by atoms with Crippen LogP contribution in [0.5, 0.6) is 0 Å². The molecule has 0 bridgehead atoms. The number of imidazole rings is 1. The number of hydrogen-bond donors (Lipinski definition) is 0. The van der Waals surface area contributed by atoms with E-state index in [2.05, 4.69) is 126 Å². The van der Waals surface area contributed by atoms with Crippen molar-refractivity contribution in [2.24, 2.45) is 0 Å². The van der Waals surface area contributed by atoms with E-state index in [1.165, 1.54) is 0 Å². The zero-order valence-corrected chi connectivity index (χ0v) is 30.7. The molecule has 0 aliphatic carbocycles. The van der Waals surface area contributed by atoms with Gasteiger partial charge >= 0.3 is 0 Å². The number of benzene rings is 7. The smallest absolute Gasteiger partial charge is 0.164 e. The molecular weight excluding hydrogens is 697 g/mol. The second-order valence-electron chi connectivity index (χ2n) is 14.2. The highest BCUT2D eigenvalue weighted by Crippen LogP contribution is 2.37. The predicted molar refractivity (Wildman–Crippen MR) is 232 cm³/mol. The topological polar surface area (TPSA) is 68.9 Å². The van der Waals surface area contributed by atoms with Crippen molar-refractivity contribution in [2.45, 2.75) is 0 Å². The van der Waals surface area contributed by atoms with Crippen LogP contribution in [0.4, 0.5) is 0 Å². The standard InChI is InChI=1S/C51H32N6/c1-4-12-34(13-5-1)45-32-57-29-28-43-46(51(57)53-45)42-18-10-11-19-44(42)52-47(43)35-22-20-33(21-23-35)38-24-25-40-31-41(27-26-39(40)30-38)50-55-48(36-14-6-2-7-15-36)54-49(56-50)37-16-8-3-9-17-37/h1-32H. The highest BCUT2D eigenvalue weighted by molar-refractivity contribution is 6.16. The quantitative estimate of drug-likeness (QED) is 0.159. The van der Waals surface area contributed by atoms with E-state index in [1.54, 1.807) is 0 Å². The normalized spacial score (nSPS) is 11.5. The first-order valence-corrected chi connectivity index (χ1v) is 19.0. The van der Waals surface area contributed by atoms with Gasteiger partial charge in [0, 0.05) is 56.4 Å². The second-order valence-corrected chi connectivity index (χ2v) is 14.2. The third-order valence-corrected chi connectivity index (χ3v) is 10.6. The maximum absolute atomic E-state index is 5.22. The van der Waals surface area contributed by atoms with Crippen LogP contribution in [-0.2, 0) is 0 Å². The van der Waals surface area contributed by atoms with E-state index < -0.39 is 0 Å². The fourth-order valence-electron chi connectivity index (χ4n) is 7.77. The minimum Gasteiger partial charge on any atom is -0.306 e. The summed E-state index contributed by atoms with van der Waals surface area (Å²) in [5.74, 6) is 1.94. The third kappa shape index (κ3) is 5.88. The maximum atomic E-state index is 5.22. The Morgan fingerprint density at radius 3 is 1.54 bits per heavy atom. The lowest BCUT2D eigenvalue weighted by molar-refractivity contribution is 1.07. The van der Waals surface area contributed by atoms with Gasteiger partial charge in [-0.3, -0.25) is 0 Å². The summed E-state index contributed by atoms with van der Waals surface area (Å²) in [5.41, 5.74) is 11.0. The summed E-state index contributed by atoms with van der Waals surface area (Å²) in [6.07, 6.45) is 4.20. The molecule has 11 rings (SSSR count). The number of rotatable bonds is 6. The molecule has 0 saturated carbocycles. The van der Waals surface area contributed by atoms with E-state index in [0.29, 0.717) is 17.5 Å². The first-order valence-electron chi connectivity index (χ1n) is 19.0. The molecule has 0 radical (unpaired) electrons. The van der Waals surface area contributed by atoms with Crippen molar-refractivity contribution in [2.75, 3.05) is 0 Å². The summed E-state index contributed by atoms with van der Waals surface area (Å²) >= 11 is 0. The first kappa shape index (κ1) is 32.6. The van der Waals surface area contributed by atoms with Crippen LogP contribution in [-0.4, -0.2) is 29.3 Å². The second kappa shape index (κ2) is 13.5.